The number of benzene rings is 2. The van der Waals surface area contributed by atoms with Crippen LogP contribution in [0.1, 0.15) is 29.6 Å². The number of sulfonamides is 1. The third-order valence-electron chi connectivity index (χ3n) is 5.11. The zero-order chi connectivity index (χ0) is 20.6. The molecule has 4 rings (SSSR count). The molecule has 2 saturated heterocycles. The van der Waals surface area contributed by atoms with E-state index in [0.29, 0.717) is 5.69 Å². The lowest BCUT2D eigenvalue weighted by atomic mass is 10.1. The highest BCUT2D eigenvalue weighted by molar-refractivity contribution is 7.94. The van der Waals surface area contributed by atoms with Gasteiger partial charge >= 0.3 is 0 Å². The number of carbonyl (C=O) groups excluding carboxylic acids is 2. The molecular weight excluding hydrogens is 414 g/mol. The van der Waals surface area contributed by atoms with Gasteiger partial charge in [-0.25, -0.2) is 12.7 Å². The largest absolute Gasteiger partial charge is 0.372 e. The fourth-order valence-corrected chi connectivity index (χ4v) is 5.32. The van der Waals surface area contributed by atoms with Crippen LogP contribution in [0.4, 0.5) is 17.1 Å². The SMILES string of the molecule is O=C(Nc1ccc(N2CCCC2)cc1)c1ccc(N2C(=O)CCS2(=O)=O)cc1Cl. The predicted octanol–water partition coefficient (Wildman–Crippen LogP) is 3.26. The number of amides is 2. The van der Waals surface area contributed by atoms with Crippen molar-refractivity contribution >= 4 is 50.5 Å². The molecule has 0 saturated carbocycles. The molecule has 2 amide bonds. The molecule has 152 valence electrons. The number of nitrogens with zero attached hydrogens (tertiary/aromatic N) is 2. The van der Waals surface area contributed by atoms with Crippen molar-refractivity contribution in [1.29, 1.82) is 0 Å². The minimum absolute atomic E-state index is 0.0599. The molecule has 0 atom stereocenters. The van der Waals surface area contributed by atoms with Gasteiger partial charge < -0.3 is 10.2 Å². The normalized spacial score (nSPS) is 18.3. The number of carbonyl (C=O) groups is 2. The average molecular weight is 434 g/mol. The number of nitrogens with one attached hydrogen (secondary N) is 1. The first-order valence-electron chi connectivity index (χ1n) is 9.37. The predicted molar refractivity (Wildman–Crippen MR) is 113 cm³/mol. The molecule has 9 heteroatoms. The molecule has 2 fully saturated rings. The summed E-state index contributed by atoms with van der Waals surface area (Å²) < 4.78 is 24.8. The first-order chi connectivity index (χ1) is 13.8. The second kappa shape index (κ2) is 7.68. The fraction of sp³-hybridized carbons (Fsp3) is 0.300. The molecule has 0 bridgehead atoms. The van der Waals surface area contributed by atoms with Gasteiger partial charge in [0.1, 0.15) is 0 Å². The van der Waals surface area contributed by atoms with Crippen LogP contribution in [0.5, 0.6) is 0 Å². The summed E-state index contributed by atoms with van der Waals surface area (Å²) in [6, 6.07) is 11.8. The maximum Gasteiger partial charge on any atom is 0.257 e. The van der Waals surface area contributed by atoms with Gasteiger partial charge in [0, 0.05) is 30.9 Å². The van der Waals surface area contributed by atoms with Crippen LogP contribution in [0.25, 0.3) is 0 Å². The fourth-order valence-electron chi connectivity index (χ4n) is 3.61. The van der Waals surface area contributed by atoms with Gasteiger partial charge in [-0.2, -0.15) is 0 Å². The van der Waals surface area contributed by atoms with Gasteiger partial charge in [-0.05, 0) is 55.3 Å². The summed E-state index contributed by atoms with van der Waals surface area (Å²) in [4.78, 5) is 26.8. The Balaban J connectivity index is 1.50. The molecule has 2 aliphatic rings. The van der Waals surface area contributed by atoms with Crippen LogP contribution >= 0.6 is 11.6 Å². The van der Waals surface area contributed by atoms with Gasteiger partial charge in [-0.1, -0.05) is 11.6 Å². The zero-order valence-corrected chi connectivity index (χ0v) is 17.2. The molecule has 0 spiro atoms. The molecule has 0 radical (unpaired) electrons. The Morgan fingerprint density at radius 3 is 2.24 bits per heavy atom. The number of anilines is 3. The standard InChI is InChI=1S/C20H20ClN3O4S/c21-18-13-16(24-19(25)9-12-29(24,27)28)7-8-17(18)20(26)22-14-3-5-15(6-4-14)23-10-1-2-11-23/h3-8,13H,1-2,9-12H2,(H,22,26). The van der Waals surface area contributed by atoms with Crippen molar-refractivity contribution in [3.8, 4) is 0 Å². The number of hydrogen-bond acceptors (Lipinski definition) is 5. The molecule has 2 heterocycles. The third-order valence-corrected chi connectivity index (χ3v) is 7.11. The molecule has 29 heavy (non-hydrogen) atoms. The van der Waals surface area contributed by atoms with Crippen molar-refractivity contribution in [2.24, 2.45) is 0 Å². The van der Waals surface area contributed by atoms with Crippen molar-refractivity contribution in [2.45, 2.75) is 19.3 Å². The summed E-state index contributed by atoms with van der Waals surface area (Å²) in [7, 11) is -3.68. The van der Waals surface area contributed by atoms with Crippen LogP contribution in [0, 0.1) is 0 Å². The van der Waals surface area contributed by atoms with E-state index in [1.807, 2.05) is 24.3 Å². The Bertz CT molecular complexity index is 1060. The summed E-state index contributed by atoms with van der Waals surface area (Å²) in [6.45, 7) is 2.09. The van der Waals surface area contributed by atoms with Crippen LogP contribution in [0.3, 0.4) is 0 Å². The van der Waals surface area contributed by atoms with Crippen LogP contribution in [0.15, 0.2) is 42.5 Å². The maximum absolute atomic E-state index is 12.6. The lowest BCUT2D eigenvalue weighted by molar-refractivity contribution is -0.116. The molecule has 0 aliphatic carbocycles. The van der Waals surface area contributed by atoms with Gasteiger partial charge in [0.05, 0.1) is 22.0 Å². The van der Waals surface area contributed by atoms with E-state index < -0.39 is 21.8 Å². The van der Waals surface area contributed by atoms with Crippen molar-refractivity contribution in [3.05, 3.63) is 53.1 Å². The smallest absolute Gasteiger partial charge is 0.257 e. The van der Waals surface area contributed by atoms with Crippen molar-refractivity contribution in [1.82, 2.24) is 0 Å². The molecule has 2 aromatic rings. The first kappa shape index (κ1) is 19.7. The highest BCUT2D eigenvalue weighted by Gasteiger charge is 2.36. The summed E-state index contributed by atoms with van der Waals surface area (Å²) in [6.07, 6.45) is 2.32. The van der Waals surface area contributed by atoms with Gasteiger partial charge in [0.25, 0.3) is 5.91 Å². The summed E-state index contributed by atoms with van der Waals surface area (Å²) in [5.41, 5.74) is 2.10. The zero-order valence-electron chi connectivity index (χ0n) is 15.6. The number of rotatable bonds is 4. The van der Waals surface area contributed by atoms with Gasteiger partial charge in [-0.3, -0.25) is 9.59 Å². The monoisotopic (exact) mass is 433 g/mol. The highest BCUT2D eigenvalue weighted by atomic mass is 35.5. The summed E-state index contributed by atoms with van der Waals surface area (Å²) >= 11 is 6.22. The Morgan fingerprint density at radius 2 is 1.66 bits per heavy atom. The van der Waals surface area contributed by atoms with E-state index in [0.717, 1.165) is 23.1 Å². The van der Waals surface area contributed by atoms with Gasteiger partial charge in [-0.15, -0.1) is 0 Å². The lowest BCUT2D eigenvalue weighted by Gasteiger charge is -2.18. The quantitative estimate of drug-likeness (QED) is 0.799. The summed E-state index contributed by atoms with van der Waals surface area (Å²) in [5.74, 6) is -1.14. The Kier molecular flexibility index (Phi) is 5.23. The first-order valence-corrected chi connectivity index (χ1v) is 11.4. The molecule has 1 N–H and O–H groups in total. The van der Waals surface area contributed by atoms with E-state index in [-0.39, 0.29) is 28.4 Å². The molecule has 0 unspecified atom stereocenters. The van der Waals surface area contributed by atoms with Crippen molar-refractivity contribution in [2.75, 3.05) is 33.4 Å². The van der Waals surface area contributed by atoms with E-state index in [1.54, 1.807) is 0 Å². The topological polar surface area (TPSA) is 86.8 Å². The van der Waals surface area contributed by atoms with Crippen LogP contribution in [-0.4, -0.2) is 39.1 Å². The van der Waals surface area contributed by atoms with Crippen LogP contribution in [0.2, 0.25) is 5.02 Å². The average Bonchev–Trinajstić information content (AvgIpc) is 3.30. The molecule has 2 aliphatic heterocycles. The molecule has 7 nitrogen and oxygen atoms in total. The Morgan fingerprint density at radius 1 is 1.00 bits per heavy atom. The van der Waals surface area contributed by atoms with Crippen LogP contribution < -0.4 is 14.5 Å². The minimum Gasteiger partial charge on any atom is -0.372 e. The van der Waals surface area contributed by atoms with Crippen molar-refractivity contribution in [3.63, 3.8) is 0 Å². The second-order valence-electron chi connectivity index (χ2n) is 7.08. The second-order valence-corrected chi connectivity index (χ2v) is 9.43. The van der Waals surface area contributed by atoms with E-state index in [4.69, 9.17) is 11.6 Å². The van der Waals surface area contributed by atoms with Gasteiger partial charge in [0.2, 0.25) is 15.9 Å². The van der Waals surface area contributed by atoms with E-state index in [9.17, 15) is 18.0 Å². The van der Waals surface area contributed by atoms with E-state index >= 15 is 0 Å². The number of hydrogen-bond donors (Lipinski definition) is 1. The van der Waals surface area contributed by atoms with Crippen LogP contribution in [-0.2, 0) is 14.8 Å². The maximum atomic E-state index is 12.6. The third kappa shape index (κ3) is 3.95. The molecule has 2 aromatic carbocycles. The van der Waals surface area contributed by atoms with Gasteiger partial charge in [0.15, 0.2) is 0 Å². The highest BCUT2D eigenvalue weighted by Crippen LogP contribution is 2.30. The number of halogens is 1. The van der Waals surface area contributed by atoms with Crippen molar-refractivity contribution < 1.29 is 18.0 Å². The minimum atomic E-state index is -3.68. The lowest BCUT2D eigenvalue weighted by Crippen LogP contribution is -2.29. The Hall–Kier alpha value is -2.58. The van der Waals surface area contributed by atoms with E-state index in [2.05, 4.69) is 10.2 Å². The molecular formula is C20H20ClN3O4S. The summed E-state index contributed by atoms with van der Waals surface area (Å²) in [5, 5.41) is 2.86. The Labute approximate surface area is 174 Å². The molecule has 0 aromatic heterocycles. The van der Waals surface area contributed by atoms with E-state index in [1.165, 1.54) is 31.0 Å².